The van der Waals surface area contributed by atoms with E-state index in [-0.39, 0.29) is 17.7 Å². The van der Waals surface area contributed by atoms with E-state index in [4.69, 9.17) is 0 Å². The summed E-state index contributed by atoms with van der Waals surface area (Å²) in [4.78, 5) is 29.0. The normalized spacial score (nSPS) is 18.2. The summed E-state index contributed by atoms with van der Waals surface area (Å²) in [6, 6.07) is 12.0. The number of rotatable bonds is 7. The Morgan fingerprint density at radius 2 is 1.84 bits per heavy atom. The molecule has 3 heterocycles. The van der Waals surface area contributed by atoms with Gasteiger partial charge in [-0.2, -0.15) is 5.10 Å². The lowest BCUT2D eigenvalue weighted by atomic mass is 9.89. The number of nitrogens with one attached hydrogen (secondary N) is 1. The van der Waals surface area contributed by atoms with Gasteiger partial charge in [-0.15, -0.1) is 5.10 Å². The van der Waals surface area contributed by atoms with Crippen LogP contribution < -0.4 is 10.2 Å². The van der Waals surface area contributed by atoms with E-state index in [1.54, 1.807) is 6.20 Å². The van der Waals surface area contributed by atoms with E-state index in [0.29, 0.717) is 24.9 Å². The molecular weight excluding hydrogens is 402 g/mol. The number of aromatic nitrogens is 2. The van der Waals surface area contributed by atoms with E-state index in [2.05, 4.69) is 39.5 Å². The minimum Gasteiger partial charge on any atom is -0.353 e. The fraction of sp³-hybridized carbons (Fsp3) is 0.520. The zero-order chi connectivity index (χ0) is 22.5. The van der Waals surface area contributed by atoms with Crippen LogP contribution >= 0.6 is 0 Å². The summed E-state index contributed by atoms with van der Waals surface area (Å²) in [6.07, 6.45) is 5.70. The van der Waals surface area contributed by atoms with Crippen molar-refractivity contribution in [1.82, 2.24) is 15.1 Å². The Morgan fingerprint density at radius 3 is 2.47 bits per heavy atom. The smallest absolute Gasteiger partial charge is 0.231 e. The van der Waals surface area contributed by atoms with E-state index in [1.165, 1.54) is 5.56 Å². The van der Waals surface area contributed by atoms with Crippen LogP contribution in [0.25, 0.3) is 0 Å². The lowest BCUT2D eigenvalue weighted by molar-refractivity contribution is -0.136. The van der Waals surface area contributed by atoms with E-state index < -0.39 is 0 Å². The standard InChI is InChI=1S/C25H33N5O2/c1-3-18(2)25(32)29-13-10-20(11-14-29)15-19-6-8-22(9-7-19)27-24(31)21-16-30(17-21)23-5-4-12-26-28-23/h4-9,12,18,20-21H,3,10-11,13-17H2,1-2H3,(H,27,31)/t18-/m0/s1. The third-order valence-corrected chi connectivity index (χ3v) is 6.84. The summed E-state index contributed by atoms with van der Waals surface area (Å²) < 4.78 is 0. The van der Waals surface area contributed by atoms with Crippen LogP contribution in [0.15, 0.2) is 42.6 Å². The maximum Gasteiger partial charge on any atom is 0.231 e. The van der Waals surface area contributed by atoms with Crippen LogP contribution in [-0.4, -0.2) is 53.1 Å². The molecule has 2 aromatic rings. The average Bonchev–Trinajstić information content (AvgIpc) is 2.79. The number of amides is 2. The van der Waals surface area contributed by atoms with Crippen LogP contribution in [0.5, 0.6) is 0 Å². The maximum atomic E-state index is 12.5. The molecule has 0 bridgehead atoms. The molecule has 1 atom stereocenters. The highest BCUT2D eigenvalue weighted by molar-refractivity contribution is 5.94. The average molecular weight is 436 g/mol. The van der Waals surface area contributed by atoms with Crippen LogP contribution in [0.2, 0.25) is 0 Å². The minimum atomic E-state index is -0.0278. The molecule has 2 saturated heterocycles. The molecule has 2 fully saturated rings. The first-order valence-corrected chi connectivity index (χ1v) is 11.7. The number of carbonyl (C=O) groups excluding carboxylic acids is 2. The number of benzene rings is 1. The van der Waals surface area contributed by atoms with Crippen molar-refractivity contribution in [2.24, 2.45) is 17.8 Å². The molecule has 32 heavy (non-hydrogen) atoms. The fourth-order valence-corrected chi connectivity index (χ4v) is 4.44. The molecule has 0 radical (unpaired) electrons. The first kappa shape index (κ1) is 22.2. The Balaban J connectivity index is 1.20. The topological polar surface area (TPSA) is 78.4 Å². The Labute approximate surface area is 190 Å². The third-order valence-electron chi connectivity index (χ3n) is 6.84. The molecular formula is C25H33N5O2. The summed E-state index contributed by atoms with van der Waals surface area (Å²) in [5.74, 6) is 1.88. The lowest BCUT2D eigenvalue weighted by Gasteiger charge is -2.38. The molecule has 1 aromatic carbocycles. The molecule has 1 aromatic heterocycles. The number of nitrogens with zero attached hydrogens (tertiary/aromatic N) is 4. The van der Waals surface area contributed by atoms with Gasteiger partial charge in [0.05, 0.1) is 5.92 Å². The largest absolute Gasteiger partial charge is 0.353 e. The van der Waals surface area contributed by atoms with E-state index in [0.717, 1.165) is 50.3 Å². The second kappa shape index (κ2) is 10.1. The molecule has 2 aliphatic rings. The van der Waals surface area contributed by atoms with Crippen molar-refractivity contribution < 1.29 is 9.59 Å². The molecule has 7 heteroatoms. The first-order chi connectivity index (χ1) is 15.5. The molecule has 0 aliphatic carbocycles. The van der Waals surface area contributed by atoms with E-state index in [1.807, 2.05) is 36.1 Å². The highest BCUT2D eigenvalue weighted by atomic mass is 16.2. The Hall–Kier alpha value is -2.96. The molecule has 7 nitrogen and oxygen atoms in total. The van der Waals surface area contributed by atoms with Gasteiger partial charge in [0, 0.05) is 44.0 Å². The predicted octanol–water partition coefficient (Wildman–Crippen LogP) is 3.38. The van der Waals surface area contributed by atoms with Crippen LogP contribution in [0.3, 0.4) is 0 Å². The molecule has 170 valence electrons. The van der Waals surface area contributed by atoms with Gasteiger partial charge < -0.3 is 15.1 Å². The van der Waals surface area contributed by atoms with Crippen molar-refractivity contribution in [3.8, 4) is 0 Å². The van der Waals surface area contributed by atoms with Gasteiger partial charge in [0.15, 0.2) is 5.82 Å². The first-order valence-electron chi connectivity index (χ1n) is 11.7. The molecule has 0 unspecified atom stereocenters. The summed E-state index contributed by atoms with van der Waals surface area (Å²) in [6.45, 7) is 7.17. The van der Waals surface area contributed by atoms with Gasteiger partial charge >= 0.3 is 0 Å². The molecule has 1 N–H and O–H groups in total. The van der Waals surface area contributed by atoms with Gasteiger partial charge in [-0.25, -0.2) is 0 Å². The predicted molar refractivity (Wildman–Crippen MR) is 125 cm³/mol. The number of hydrogen-bond donors (Lipinski definition) is 1. The quantitative estimate of drug-likeness (QED) is 0.721. The number of anilines is 2. The molecule has 0 saturated carbocycles. The summed E-state index contributed by atoms with van der Waals surface area (Å²) in [5.41, 5.74) is 2.12. The van der Waals surface area contributed by atoms with Gasteiger partial charge in [0.1, 0.15) is 0 Å². The molecule has 4 rings (SSSR count). The number of piperidine rings is 1. The van der Waals surface area contributed by atoms with Gasteiger partial charge in [-0.3, -0.25) is 9.59 Å². The highest BCUT2D eigenvalue weighted by Crippen LogP contribution is 2.25. The summed E-state index contributed by atoms with van der Waals surface area (Å²) in [7, 11) is 0. The van der Waals surface area contributed by atoms with Gasteiger partial charge in [0.25, 0.3) is 0 Å². The van der Waals surface area contributed by atoms with E-state index >= 15 is 0 Å². The van der Waals surface area contributed by atoms with Gasteiger partial charge in [-0.05, 0) is 61.4 Å². The van der Waals surface area contributed by atoms with Crippen molar-refractivity contribution in [1.29, 1.82) is 0 Å². The lowest BCUT2D eigenvalue weighted by Crippen LogP contribution is -2.52. The maximum absolute atomic E-state index is 12.5. The second-order valence-electron chi connectivity index (χ2n) is 9.15. The SMILES string of the molecule is CC[C@H](C)C(=O)N1CCC(Cc2ccc(NC(=O)C3CN(c4cccnn4)C3)cc2)CC1. The Morgan fingerprint density at radius 1 is 1.12 bits per heavy atom. The Kier molecular flexibility index (Phi) is 7.02. The second-order valence-corrected chi connectivity index (χ2v) is 9.15. The van der Waals surface area contributed by atoms with Gasteiger partial charge in [0.2, 0.25) is 11.8 Å². The van der Waals surface area contributed by atoms with Gasteiger partial charge in [-0.1, -0.05) is 26.0 Å². The van der Waals surface area contributed by atoms with Crippen LogP contribution in [0.1, 0.15) is 38.7 Å². The summed E-state index contributed by atoms with van der Waals surface area (Å²) >= 11 is 0. The third kappa shape index (κ3) is 5.26. The zero-order valence-electron chi connectivity index (χ0n) is 19.0. The van der Waals surface area contributed by atoms with Crippen molar-refractivity contribution >= 4 is 23.3 Å². The number of carbonyl (C=O) groups is 2. The molecule has 2 amide bonds. The van der Waals surface area contributed by atoms with Crippen LogP contribution in [-0.2, 0) is 16.0 Å². The Bertz CT molecular complexity index is 904. The van der Waals surface area contributed by atoms with Crippen LogP contribution in [0.4, 0.5) is 11.5 Å². The number of hydrogen-bond acceptors (Lipinski definition) is 5. The monoisotopic (exact) mass is 435 g/mol. The van der Waals surface area contributed by atoms with Crippen molar-refractivity contribution in [2.45, 2.75) is 39.5 Å². The fourth-order valence-electron chi connectivity index (χ4n) is 4.44. The number of likely N-dealkylation sites (tertiary alicyclic amines) is 1. The minimum absolute atomic E-state index is 0.0278. The van der Waals surface area contributed by atoms with E-state index in [9.17, 15) is 9.59 Å². The zero-order valence-corrected chi connectivity index (χ0v) is 19.0. The van der Waals surface area contributed by atoms with Crippen LogP contribution in [0, 0.1) is 17.8 Å². The highest BCUT2D eigenvalue weighted by Gasteiger charge is 2.33. The van der Waals surface area contributed by atoms with Crippen molar-refractivity contribution in [3.05, 3.63) is 48.2 Å². The molecule has 0 spiro atoms. The molecule has 2 aliphatic heterocycles. The van der Waals surface area contributed by atoms with Crippen molar-refractivity contribution in [2.75, 3.05) is 36.4 Å². The summed E-state index contributed by atoms with van der Waals surface area (Å²) in [5, 5.41) is 11.0. The van der Waals surface area contributed by atoms with Crippen molar-refractivity contribution in [3.63, 3.8) is 0 Å².